The standard InChI is InChI=1S/C23H20BrF2N5O/c24-20-21(23(25)26)29-31(22(20)15-8-9-15)13-19(32)28-17-10-27-30(12-17)11-16-6-3-5-14-4-1-2-7-18(14)16/h1-7,10,12,15,23H,8-9,11,13H2,(H,28,32). The minimum absolute atomic E-state index is 0.133. The summed E-state index contributed by atoms with van der Waals surface area (Å²) in [7, 11) is 0. The highest BCUT2D eigenvalue weighted by atomic mass is 79.9. The van der Waals surface area contributed by atoms with Crippen molar-refractivity contribution in [2.75, 3.05) is 5.32 Å². The number of amides is 1. The molecule has 32 heavy (non-hydrogen) atoms. The number of carbonyl (C=O) groups excluding carboxylic acids is 1. The molecule has 1 aliphatic rings. The number of alkyl halides is 2. The summed E-state index contributed by atoms with van der Waals surface area (Å²) in [6.45, 7) is 0.429. The predicted molar refractivity (Wildman–Crippen MR) is 121 cm³/mol. The Labute approximate surface area is 191 Å². The van der Waals surface area contributed by atoms with Crippen molar-refractivity contribution >= 4 is 38.3 Å². The summed E-state index contributed by atoms with van der Waals surface area (Å²) in [4.78, 5) is 12.6. The summed E-state index contributed by atoms with van der Waals surface area (Å²) < 4.78 is 30.0. The Morgan fingerprint density at radius 3 is 2.75 bits per heavy atom. The summed E-state index contributed by atoms with van der Waals surface area (Å²) in [5, 5.41) is 13.4. The Morgan fingerprint density at radius 2 is 1.97 bits per heavy atom. The van der Waals surface area contributed by atoms with E-state index >= 15 is 0 Å². The first-order valence-electron chi connectivity index (χ1n) is 10.3. The number of fused-ring (bicyclic) bond motifs is 1. The monoisotopic (exact) mass is 499 g/mol. The van der Waals surface area contributed by atoms with Crippen LogP contribution in [0.4, 0.5) is 14.5 Å². The summed E-state index contributed by atoms with van der Waals surface area (Å²) in [5.74, 6) is -0.173. The van der Waals surface area contributed by atoms with Gasteiger partial charge >= 0.3 is 0 Å². The molecule has 0 atom stereocenters. The van der Waals surface area contributed by atoms with Crippen LogP contribution in [-0.2, 0) is 17.9 Å². The molecular weight excluding hydrogens is 480 g/mol. The van der Waals surface area contributed by atoms with Crippen molar-refractivity contribution in [3.8, 4) is 0 Å². The first-order valence-corrected chi connectivity index (χ1v) is 11.1. The zero-order valence-electron chi connectivity index (χ0n) is 17.0. The number of nitrogens with zero attached hydrogens (tertiary/aromatic N) is 4. The van der Waals surface area contributed by atoms with Crippen LogP contribution >= 0.6 is 15.9 Å². The van der Waals surface area contributed by atoms with Crippen molar-refractivity contribution in [3.05, 3.63) is 76.3 Å². The molecule has 2 aromatic heterocycles. The Kier molecular flexibility index (Phi) is 5.50. The maximum atomic E-state index is 13.3. The van der Waals surface area contributed by atoms with Gasteiger partial charge in [0, 0.05) is 12.1 Å². The van der Waals surface area contributed by atoms with Crippen LogP contribution in [0.25, 0.3) is 10.8 Å². The Balaban J connectivity index is 1.29. The average molecular weight is 500 g/mol. The van der Waals surface area contributed by atoms with Crippen molar-refractivity contribution in [1.82, 2.24) is 19.6 Å². The van der Waals surface area contributed by atoms with E-state index in [-0.39, 0.29) is 24.1 Å². The van der Waals surface area contributed by atoms with Gasteiger partial charge in [0.15, 0.2) is 0 Å². The first-order chi connectivity index (χ1) is 15.5. The fourth-order valence-electron chi connectivity index (χ4n) is 3.94. The maximum Gasteiger partial charge on any atom is 0.283 e. The number of hydrogen-bond donors (Lipinski definition) is 1. The van der Waals surface area contributed by atoms with Crippen LogP contribution in [-0.4, -0.2) is 25.5 Å². The Hall–Kier alpha value is -3.07. The number of rotatable bonds is 7. The second-order valence-electron chi connectivity index (χ2n) is 7.93. The van der Waals surface area contributed by atoms with E-state index in [2.05, 4.69) is 55.7 Å². The molecule has 0 saturated heterocycles. The molecule has 0 unspecified atom stereocenters. The second-order valence-corrected chi connectivity index (χ2v) is 8.72. The molecule has 1 amide bonds. The second kappa shape index (κ2) is 8.46. The van der Waals surface area contributed by atoms with Crippen LogP contribution in [0.2, 0.25) is 0 Å². The Morgan fingerprint density at radius 1 is 1.19 bits per heavy atom. The van der Waals surface area contributed by atoms with E-state index in [4.69, 9.17) is 0 Å². The van der Waals surface area contributed by atoms with E-state index in [0.29, 0.717) is 22.4 Å². The van der Waals surface area contributed by atoms with Gasteiger partial charge in [-0.05, 0) is 45.1 Å². The number of carbonyl (C=O) groups is 1. The summed E-state index contributed by atoms with van der Waals surface area (Å²) in [6, 6.07) is 14.3. The third-order valence-electron chi connectivity index (χ3n) is 5.55. The lowest BCUT2D eigenvalue weighted by molar-refractivity contribution is -0.117. The van der Waals surface area contributed by atoms with Crippen molar-refractivity contribution in [2.45, 2.75) is 38.3 Å². The minimum Gasteiger partial charge on any atom is -0.322 e. The summed E-state index contributed by atoms with van der Waals surface area (Å²) >= 11 is 3.24. The highest BCUT2D eigenvalue weighted by molar-refractivity contribution is 9.10. The molecule has 0 bridgehead atoms. The van der Waals surface area contributed by atoms with Gasteiger partial charge in [-0.3, -0.25) is 14.2 Å². The molecule has 6 nitrogen and oxygen atoms in total. The van der Waals surface area contributed by atoms with E-state index < -0.39 is 6.43 Å². The fourth-order valence-corrected chi connectivity index (χ4v) is 4.72. The van der Waals surface area contributed by atoms with Gasteiger partial charge in [0.25, 0.3) is 6.43 Å². The number of halogens is 3. The highest BCUT2D eigenvalue weighted by Gasteiger charge is 2.34. The zero-order chi connectivity index (χ0) is 22.2. The first kappa shape index (κ1) is 20.8. The summed E-state index contributed by atoms with van der Waals surface area (Å²) in [6.07, 6.45) is 2.46. The van der Waals surface area contributed by atoms with E-state index in [1.54, 1.807) is 17.1 Å². The Bertz CT molecular complexity index is 1290. The maximum absolute atomic E-state index is 13.3. The van der Waals surface area contributed by atoms with Gasteiger partial charge in [-0.15, -0.1) is 0 Å². The minimum atomic E-state index is -2.70. The molecule has 1 aliphatic carbocycles. The molecule has 1 saturated carbocycles. The number of benzene rings is 2. The van der Waals surface area contributed by atoms with Crippen LogP contribution in [0.3, 0.4) is 0 Å². The molecule has 0 radical (unpaired) electrons. The van der Waals surface area contributed by atoms with E-state index in [9.17, 15) is 13.6 Å². The molecule has 2 heterocycles. The smallest absolute Gasteiger partial charge is 0.283 e. The third-order valence-corrected chi connectivity index (χ3v) is 6.36. The van der Waals surface area contributed by atoms with Crippen molar-refractivity contribution in [1.29, 1.82) is 0 Å². The molecular formula is C23H20BrF2N5O. The number of aromatic nitrogens is 4. The van der Waals surface area contributed by atoms with E-state index in [1.807, 2.05) is 18.2 Å². The lowest BCUT2D eigenvalue weighted by atomic mass is 10.0. The van der Waals surface area contributed by atoms with Crippen LogP contribution in [0.15, 0.2) is 59.3 Å². The lowest BCUT2D eigenvalue weighted by Crippen LogP contribution is -2.20. The van der Waals surface area contributed by atoms with Crippen LogP contribution < -0.4 is 5.32 Å². The normalized spacial score (nSPS) is 13.8. The number of nitrogens with one attached hydrogen (secondary N) is 1. The summed E-state index contributed by atoms with van der Waals surface area (Å²) in [5.41, 5.74) is 2.02. The molecule has 9 heteroatoms. The highest BCUT2D eigenvalue weighted by Crippen LogP contribution is 2.45. The SMILES string of the molecule is O=C(Cn1nc(C(F)F)c(Br)c1C1CC1)Nc1cnn(Cc2cccc3ccccc23)c1. The van der Waals surface area contributed by atoms with Gasteiger partial charge in [-0.2, -0.15) is 10.2 Å². The van der Waals surface area contributed by atoms with Crippen molar-refractivity contribution in [3.63, 3.8) is 0 Å². The number of anilines is 1. The van der Waals surface area contributed by atoms with E-state index in [1.165, 1.54) is 4.68 Å². The number of hydrogen-bond acceptors (Lipinski definition) is 3. The van der Waals surface area contributed by atoms with Gasteiger partial charge < -0.3 is 5.32 Å². The predicted octanol–water partition coefficient (Wildman–Crippen LogP) is 5.50. The largest absolute Gasteiger partial charge is 0.322 e. The molecule has 5 rings (SSSR count). The van der Waals surface area contributed by atoms with Crippen molar-refractivity contribution in [2.24, 2.45) is 0 Å². The van der Waals surface area contributed by atoms with Gasteiger partial charge in [-0.1, -0.05) is 42.5 Å². The lowest BCUT2D eigenvalue weighted by Gasteiger charge is -2.08. The molecule has 164 valence electrons. The topological polar surface area (TPSA) is 64.7 Å². The molecule has 1 N–H and O–H groups in total. The van der Waals surface area contributed by atoms with Gasteiger partial charge in [0.1, 0.15) is 12.2 Å². The molecule has 0 spiro atoms. The van der Waals surface area contributed by atoms with Gasteiger partial charge in [0.2, 0.25) is 5.91 Å². The van der Waals surface area contributed by atoms with Crippen molar-refractivity contribution < 1.29 is 13.6 Å². The quantitative estimate of drug-likeness (QED) is 0.365. The van der Waals surface area contributed by atoms with Crippen LogP contribution in [0.1, 0.15) is 42.1 Å². The molecule has 1 fully saturated rings. The van der Waals surface area contributed by atoms with Crippen LogP contribution in [0, 0.1) is 0 Å². The third kappa shape index (κ3) is 4.17. The molecule has 4 aromatic rings. The fraction of sp³-hybridized carbons (Fsp3) is 0.261. The van der Waals surface area contributed by atoms with Gasteiger partial charge in [0.05, 0.1) is 28.6 Å². The average Bonchev–Trinajstić information content (AvgIpc) is 3.42. The zero-order valence-corrected chi connectivity index (χ0v) is 18.6. The van der Waals surface area contributed by atoms with Crippen LogP contribution in [0.5, 0.6) is 0 Å². The van der Waals surface area contributed by atoms with Gasteiger partial charge in [-0.25, -0.2) is 8.78 Å². The molecule has 2 aromatic carbocycles. The van der Waals surface area contributed by atoms with E-state index in [0.717, 1.165) is 29.2 Å². The molecule has 0 aliphatic heterocycles.